The third-order valence-electron chi connectivity index (χ3n) is 3.65. The molecule has 1 N–H and O–H groups in total. The minimum atomic E-state index is -0.0180. The summed E-state index contributed by atoms with van der Waals surface area (Å²) in [4.78, 5) is 16.4. The van der Waals surface area contributed by atoms with Gasteiger partial charge in [0.05, 0.1) is 6.61 Å². The number of amides is 1. The largest absolute Gasteiger partial charge is 0.494 e. The van der Waals surface area contributed by atoms with E-state index in [0.29, 0.717) is 25.3 Å². The predicted molar refractivity (Wildman–Crippen MR) is 93.3 cm³/mol. The van der Waals surface area contributed by atoms with Crippen molar-refractivity contribution in [2.45, 2.75) is 26.7 Å². The lowest BCUT2D eigenvalue weighted by atomic mass is 10.1. The van der Waals surface area contributed by atoms with Crippen molar-refractivity contribution < 1.29 is 13.9 Å². The van der Waals surface area contributed by atoms with Crippen LogP contribution in [0.4, 0.5) is 5.69 Å². The Bertz CT molecular complexity index is 837. The highest BCUT2D eigenvalue weighted by molar-refractivity contribution is 5.90. The van der Waals surface area contributed by atoms with Gasteiger partial charge in [0.1, 0.15) is 11.3 Å². The summed E-state index contributed by atoms with van der Waals surface area (Å²) in [7, 11) is 0. The van der Waals surface area contributed by atoms with Gasteiger partial charge in [-0.1, -0.05) is 6.07 Å². The molecule has 3 aromatic rings. The van der Waals surface area contributed by atoms with E-state index in [1.165, 1.54) is 0 Å². The summed E-state index contributed by atoms with van der Waals surface area (Å²) in [5, 5.41) is 2.89. The normalized spacial score (nSPS) is 10.8. The van der Waals surface area contributed by atoms with Crippen molar-refractivity contribution in [1.29, 1.82) is 0 Å². The molecule has 124 valence electrons. The fourth-order valence-corrected chi connectivity index (χ4v) is 2.53. The number of anilines is 1. The lowest BCUT2D eigenvalue weighted by Gasteiger charge is -2.07. The van der Waals surface area contributed by atoms with Gasteiger partial charge in [-0.2, -0.15) is 0 Å². The lowest BCUT2D eigenvalue weighted by Crippen LogP contribution is -2.12. The quantitative estimate of drug-likeness (QED) is 0.741. The van der Waals surface area contributed by atoms with Gasteiger partial charge in [-0.05, 0) is 55.3 Å². The van der Waals surface area contributed by atoms with E-state index in [1.807, 2.05) is 56.3 Å². The number of aryl methyl sites for hydroxylation is 2. The maximum Gasteiger partial charge on any atom is 0.224 e. The number of hydrogen-bond acceptors (Lipinski definition) is 4. The first kappa shape index (κ1) is 16.1. The van der Waals surface area contributed by atoms with Crippen LogP contribution in [0.5, 0.6) is 5.75 Å². The molecular formula is C19H20N2O3. The molecule has 0 unspecified atom stereocenters. The first-order chi connectivity index (χ1) is 11.6. The summed E-state index contributed by atoms with van der Waals surface area (Å²) in [6.07, 6.45) is 1.07. The number of carbonyl (C=O) groups excluding carboxylic acids is 1. The number of ether oxygens (including phenoxy) is 1. The molecule has 0 aliphatic rings. The maximum atomic E-state index is 12.1. The van der Waals surface area contributed by atoms with E-state index in [1.54, 1.807) is 0 Å². The molecule has 1 amide bonds. The molecular weight excluding hydrogens is 304 g/mol. The molecule has 1 aromatic heterocycles. The van der Waals surface area contributed by atoms with E-state index < -0.39 is 0 Å². The van der Waals surface area contributed by atoms with Crippen molar-refractivity contribution >= 4 is 22.7 Å². The Morgan fingerprint density at radius 2 is 2.00 bits per heavy atom. The average Bonchev–Trinajstić information content (AvgIpc) is 2.94. The molecule has 5 nitrogen and oxygen atoms in total. The van der Waals surface area contributed by atoms with E-state index in [9.17, 15) is 4.79 Å². The molecule has 0 atom stereocenters. The minimum Gasteiger partial charge on any atom is -0.494 e. The number of fused-ring (bicyclic) bond motifs is 1. The fourth-order valence-electron chi connectivity index (χ4n) is 2.53. The zero-order chi connectivity index (χ0) is 16.9. The van der Waals surface area contributed by atoms with Crippen LogP contribution in [-0.2, 0) is 11.2 Å². The molecule has 0 saturated carbocycles. The maximum absolute atomic E-state index is 12.1. The van der Waals surface area contributed by atoms with Crippen LogP contribution in [0, 0.1) is 6.92 Å². The molecule has 0 saturated heterocycles. The molecule has 0 fully saturated rings. The molecule has 0 aliphatic heterocycles. The Hall–Kier alpha value is -2.82. The summed E-state index contributed by atoms with van der Waals surface area (Å²) in [5.74, 6) is 1.43. The van der Waals surface area contributed by atoms with Crippen molar-refractivity contribution in [2.24, 2.45) is 0 Å². The Kier molecular flexibility index (Phi) is 4.79. The average molecular weight is 324 g/mol. The fraction of sp³-hybridized carbons (Fsp3) is 0.263. The van der Waals surface area contributed by atoms with Crippen LogP contribution >= 0.6 is 0 Å². The van der Waals surface area contributed by atoms with Crippen LogP contribution in [0.2, 0.25) is 0 Å². The molecule has 2 aromatic carbocycles. The SMILES string of the molecule is CCOc1ccc(NC(=O)CCc2ccc3oc(C)nc3c2)cc1. The van der Waals surface area contributed by atoms with E-state index in [2.05, 4.69) is 10.3 Å². The van der Waals surface area contributed by atoms with Crippen LogP contribution < -0.4 is 10.1 Å². The topological polar surface area (TPSA) is 64.4 Å². The summed E-state index contributed by atoms with van der Waals surface area (Å²) < 4.78 is 10.8. The zero-order valence-electron chi connectivity index (χ0n) is 13.8. The van der Waals surface area contributed by atoms with Crippen molar-refractivity contribution in [3.63, 3.8) is 0 Å². The summed E-state index contributed by atoms with van der Waals surface area (Å²) in [5.41, 5.74) is 3.44. The van der Waals surface area contributed by atoms with E-state index in [4.69, 9.17) is 9.15 Å². The van der Waals surface area contributed by atoms with E-state index in [0.717, 1.165) is 28.1 Å². The first-order valence-corrected chi connectivity index (χ1v) is 8.03. The summed E-state index contributed by atoms with van der Waals surface area (Å²) >= 11 is 0. The number of nitrogens with one attached hydrogen (secondary N) is 1. The standard InChI is InChI=1S/C19H20N2O3/c1-3-23-16-8-6-15(7-9-16)21-19(22)11-5-14-4-10-18-17(12-14)20-13(2)24-18/h4,6-10,12H,3,5,11H2,1-2H3,(H,21,22). The van der Waals surface area contributed by atoms with Crippen LogP contribution in [0.1, 0.15) is 24.8 Å². The Labute approximate surface area is 140 Å². The van der Waals surface area contributed by atoms with Gasteiger partial charge in [0.2, 0.25) is 5.91 Å². The van der Waals surface area contributed by atoms with Crippen molar-refractivity contribution in [3.05, 3.63) is 53.9 Å². The zero-order valence-corrected chi connectivity index (χ0v) is 13.8. The second-order valence-electron chi connectivity index (χ2n) is 5.54. The van der Waals surface area contributed by atoms with Gasteiger partial charge >= 0.3 is 0 Å². The highest BCUT2D eigenvalue weighted by atomic mass is 16.5. The molecule has 0 bridgehead atoms. The molecule has 1 heterocycles. The highest BCUT2D eigenvalue weighted by Crippen LogP contribution is 2.18. The number of hydrogen-bond donors (Lipinski definition) is 1. The summed E-state index contributed by atoms with van der Waals surface area (Å²) in [6.45, 7) is 4.39. The molecule has 0 radical (unpaired) electrons. The Balaban J connectivity index is 1.55. The summed E-state index contributed by atoms with van der Waals surface area (Å²) in [6, 6.07) is 13.2. The number of carbonyl (C=O) groups is 1. The highest BCUT2D eigenvalue weighted by Gasteiger charge is 2.06. The van der Waals surface area contributed by atoms with Gasteiger partial charge in [-0.3, -0.25) is 4.79 Å². The second-order valence-corrected chi connectivity index (χ2v) is 5.54. The lowest BCUT2D eigenvalue weighted by molar-refractivity contribution is -0.116. The van der Waals surface area contributed by atoms with E-state index >= 15 is 0 Å². The smallest absolute Gasteiger partial charge is 0.224 e. The van der Waals surface area contributed by atoms with Crippen LogP contribution in [0.3, 0.4) is 0 Å². The predicted octanol–water partition coefficient (Wildman–Crippen LogP) is 4.11. The van der Waals surface area contributed by atoms with Crippen LogP contribution in [0.15, 0.2) is 46.9 Å². The van der Waals surface area contributed by atoms with Gasteiger partial charge in [-0.25, -0.2) is 4.98 Å². The number of nitrogens with zero attached hydrogens (tertiary/aromatic N) is 1. The number of benzene rings is 2. The van der Waals surface area contributed by atoms with Gasteiger partial charge in [0, 0.05) is 19.0 Å². The van der Waals surface area contributed by atoms with Gasteiger partial charge < -0.3 is 14.5 Å². The van der Waals surface area contributed by atoms with Crippen LogP contribution in [0.25, 0.3) is 11.1 Å². The van der Waals surface area contributed by atoms with Gasteiger partial charge in [0.15, 0.2) is 11.5 Å². The minimum absolute atomic E-state index is 0.0180. The number of oxazole rings is 1. The molecule has 0 spiro atoms. The van der Waals surface area contributed by atoms with Gasteiger partial charge in [0.25, 0.3) is 0 Å². The monoisotopic (exact) mass is 324 g/mol. The van der Waals surface area contributed by atoms with Gasteiger partial charge in [-0.15, -0.1) is 0 Å². The van der Waals surface area contributed by atoms with Crippen molar-refractivity contribution in [3.8, 4) is 5.75 Å². The number of aromatic nitrogens is 1. The molecule has 0 aliphatic carbocycles. The molecule has 3 rings (SSSR count). The third kappa shape index (κ3) is 3.93. The first-order valence-electron chi connectivity index (χ1n) is 8.03. The Morgan fingerprint density at radius 1 is 1.21 bits per heavy atom. The van der Waals surface area contributed by atoms with E-state index in [-0.39, 0.29) is 5.91 Å². The van der Waals surface area contributed by atoms with Crippen molar-refractivity contribution in [1.82, 2.24) is 4.98 Å². The van der Waals surface area contributed by atoms with Crippen molar-refractivity contribution in [2.75, 3.05) is 11.9 Å². The molecule has 5 heteroatoms. The Morgan fingerprint density at radius 3 is 2.75 bits per heavy atom. The molecule has 24 heavy (non-hydrogen) atoms. The van der Waals surface area contributed by atoms with Crippen LogP contribution in [-0.4, -0.2) is 17.5 Å². The second kappa shape index (κ2) is 7.17. The third-order valence-corrected chi connectivity index (χ3v) is 3.65. The number of rotatable bonds is 6.